The van der Waals surface area contributed by atoms with E-state index in [1.165, 1.54) is 49.9 Å². The van der Waals surface area contributed by atoms with E-state index in [1.807, 2.05) is 0 Å². The lowest BCUT2D eigenvalue weighted by atomic mass is 10.0. The van der Waals surface area contributed by atoms with Crippen molar-refractivity contribution in [2.45, 2.75) is 71.4 Å². The number of para-hydroxylation sites is 1. The Morgan fingerprint density at radius 1 is 1.14 bits per heavy atom. The van der Waals surface area contributed by atoms with Gasteiger partial charge >= 0.3 is 0 Å². The van der Waals surface area contributed by atoms with E-state index in [0.29, 0.717) is 0 Å². The number of anilines is 1. The average Bonchev–Trinajstić information content (AvgIpc) is 2.94. The molecule has 0 aliphatic heterocycles. The average molecular weight is 288 g/mol. The molecule has 2 N–H and O–H groups in total. The molecule has 1 saturated carbocycles. The standard InChI is InChI=1S/C19H32N2/c1-15(2)12-13-21(18-9-5-6-10-18)19-11-7-4-8-17(19)14-16(3)20/h4,7-8,11,15-16,18H,5-6,9-10,12-14,20H2,1-3H3. The number of hydrogen-bond acceptors (Lipinski definition) is 2. The third-order valence-electron chi connectivity index (χ3n) is 4.56. The molecule has 0 radical (unpaired) electrons. The molecule has 0 bridgehead atoms. The molecule has 2 rings (SSSR count). The molecular formula is C19H32N2. The van der Waals surface area contributed by atoms with Crippen LogP contribution in [0.5, 0.6) is 0 Å². The Morgan fingerprint density at radius 2 is 1.81 bits per heavy atom. The molecule has 2 nitrogen and oxygen atoms in total. The summed E-state index contributed by atoms with van der Waals surface area (Å²) < 4.78 is 0. The minimum atomic E-state index is 0.224. The van der Waals surface area contributed by atoms with E-state index in [9.17, 15) is 0 Å². The van der Waals surface area contributed by atoms with Crippen LogP contribution in [0.3, 0.4) is 0 Å². The summed E-state index contributed by atoms with van der Waals surface area (Å²) in [4.78, 5) is 2.69. The molecule has 0 heterocycles. The minimum Gasteiger partial charge on any atom is -0.368 e. The summed E-state index contributed by atoms with van der Waals surface area (Å²) in [7, 11) is 0. The van der Waals surface area contributed by atoms with E-state index < -0.39 is 0 Å². The zero-order chi connectivity index (χ0) is 15.2. The first kappa shape index (κ1) is 16.4. The largest absolute Gasteiger partial charge is 0.368 e. The van der Waals surface area contributed by atoms with Crippen molar-refractivity contribution in [2.24, 2.45) is 11.7 Å². The van der Waals surface area contributed by atoms with Gasteiger partial charge in [0.25, 0.3) is 0 Å². The Bertz CT molecular complexity index is 419. The molecule has 0 spiro atoms. The summed E-state index contributed by atoms with van der Waals surface area (Å²) in [5, 5.41) is 0. The molecule has 0 aromatic heterocycles. The maximum Gasteiger partial charge on any atom is 0.0401 e. The van der Waals surface area contributed by atoms with Crippen LogP contribution in [-0.2, 0) is 6.42 Å². The zero-order valence-corrected chi connectivity index (χ0v) is 14.0. The van der Waals surface area contributed by atoms with Gasteiger partial charge in [-0.25, -0.2) is 0 Å². The second-order valence-electron chi connectivity index (χ2n) is 7.12. The third kappa shape index (κ3) is 4.74. The molecule has 1 aliphatic carbocycles. The SMILES string of the molecule is CC(C)CCN(c1ccccc1CC(C)N)C1CCCC1. The Morgan fingerprint density at radius 3 is 2.43 bits per heavy atom. The van der Waals surface area contributed by atoms with Crippen LogP contribution in [0.15, 0.2) is 24.3 Å². The fourth-order valence-electron chi connectivity index (χ4n) is 3.42. The summed E-state index contributed by atoms with van der Waals surface area (Å²) in [5.41, 5.74) is 8.90. The second kappa shape index (κ2) is 7.84. The highest BCUT2D eigenvalue weighted by Gasteiger charge is 2.24. The van der Waals surface area contributed by atoms with Crippen molar-refractivity contribution in [2.75, 3.05) is 11.4 Å². The summed E-state index contributed by atoms with van der Waals surface area (Å²) in [6.45, 7) is 7.92. The van der Waals surface area contributed by atoms with Gasteiger partial charge in [-0.3, -0.25) is 0 Å². The van der Waals surface area contributed by atoms with Crippen molar-refractivity contribution in [1.29, 1.82) is 0 Å². The Balaban J connectivity index is 2.22. The van der Waals surface area contributed by atoms with Crippen LogP contribution >= 0.6 is 0 Å². The maximum absolute atomic E-state index is 6.05. The van der Waals surface area contributed by atoms with E-state index in [2.05, 4.69) is 49.9 Å². The first-order valence-corrected chi connectivity index (χ1v) is 8.68. The van der Waals surface area contributed by atoms with Gasteiger partial charge in [0, 0.05) is 24.3 Å². The predicted molar refractivity (Wildman–Crippen MR) is 92.9 cm³/mol. The fourth-order valence-corrected chi connectivity index (χ4v) is 3.42. The van der Waals surface area contributed by atoms with Gasteiger partial charge in [0.15, 0.2) is 0 Å². The van der Waals surface area contributed by atoms with Gasteiger partial charge < -0.3 is 10.6 Å². The molecule has 1 unspecified atom stereocenters. The highest BCUT2D eigenvalue weighted by atomic mass is 15.2. The lowest BCUT2D eigenvalue weighted by Gasteiger charge is -2.34. The molecular weight excluding hydrogens is 256 g/mol. The summed E-state index contributed by atoms with van der Waals surface area (Å²) in [6.07, 6.45) is 7.72. The smallest absolute Gasteiger partial charge is 0.0401 e. The molecule has 0 amide bonds. The van der Waals surface area contributed by atoms with E-state index in [4.69, 9.17) is 5.73 Å². The lowest BCUT2D eigenvalue weighted by Crippen LogP contribution is -2.36. The number of hydrogen-bond donors (Lipinski definition) is 1. The van der Waals surface area contributed by atoms with Crippen LogP contribution < -0.4 is 10.6 Å². The molecule has 1 atom stereocenters. The Labute approximate surface area is 130 Å². The topological polar surface area (TPSA) is 29.3 Å². The summed E-state index contributed by atoms with van der Waals surface area (Å²) in [5.74, 6) is 0.759. The normalized spacial score (nSPS) is 17.4. The number of nitrogens with two attached hydrogens (primary N) is 1. The lowest BCUT2D eigenvalue weighted by molar-refractivity contribution is 0.526. The second-order valence-corrected chi connectivity index (χ2v) is 7.12. The van der Waals surface area contributed by atoms with Gasteiger partial charge in [-0.2, -0.15) is 0 Å². The number of rotatable bonds is 7. The van der Waals surface area contributed by atoms with Crippen molar-refractivity contribution < 1.29 is 0 Å². The van der Waals surface area contributed by atoms with Gasteiger partial charge in [0.1, 0.15) is 0 Å². The van der Waals surface area contributed by atoms with Crippen molar-refractivity contribution in [3.8, 4) is 0 Å². The van der Waals surface area contributed by atoms with E-state index >= 15 is 0 Å². The molecule has 1 aromatic carbocycles. The predicted octanol–water partition coefficient (Wildman–Crippen LogP) is 4.37. The van der Waals surface area contributed by atoms with Gasteiger partial charge in [0.05, 0.1) is 0 Å². The van der Waals surface area contributed by atoms with Gasteiger partial charge in [0.2, 0.25) is 0 Å². The van der Waals surface area contributed by atoms with E-state index in [-0.39, 0.29) is 6.04 Å². The molecule has 2 heteroatoms. The molecule has 1 aromatic rings. The van der Waals surface area contributed by atoms with Crippen LogP contribution in [0.25, 0.3) is 0 Å². The Hall–Kier alpha value is -1.02. The maximum atomic E-state index is 6.05. The van der Waals surface area contributed by atoms with E-state index in [0.717, 1.165) is 18.4 Å². The van der Waals surface area contributed by atoms with E-state index in [1.54, 1.807) is 0 Å². The monoisotopic (exact) mass is 288 g/mol. The van der Waals surface area contributed by atoms with Crippen LogP contribution in [0.1, 0.15) is 58.4 Å². The van der Waals surface area contributed by atoms with Crippen molar-refractivity contribution >= 4 is 5.69 Å². The fraction of sp³-hybridized carbons (Fsp3) is 0.684. The zero-order valence-electron chi connectivity index (χ0n) is 14.0. The van der Waals surface area contributed by atoms with Crippen molar-refractivity contribution in [3.63, 3.8) is 0 Å². The molecule has 0 saturated heterocycles. The number of nitrogens with zero attached hydrogens (tertiary/aromatic N) is 1. The quantitative estimate of drug-likeness (QED) is 0.807. The number of benzene rings is 1. The molecule has 1 fully saturated rings. The van der Waals surface area contributed by atoms with Gasteiger partial charge in [-0.15, -0.1) is 0 Å². The molecule has 21 heavy (non-hydrogen) atoms. The van der Waals surface area contributed by atoms with Crippen LogP contribution in [0.2, 0.25) is 0 Å². The molecule has 1 aliphatic rings. The Kier molecular flexibility index (Phi) is 6.10. The van der Waals surface area contributed by atoms with Crippen LogP contribution in [-0.4, -0.2) is 18.6 Å². The van der Waals surface area contributed by atoms with Crippen LogP contribution in [0.4, 0.5) is 5.69 Å². The van der Waals surface area contributed by atoms with Crippen molar-refractivity contribution in [3.05, 3.63) is 29.8 Å². The first-order chi connectivity index (χ1) is 10.1. The van der Waals surface area contributed by atoms with Gasteiger partial charge in [-0.05, 0) is 50.2 Å². The highest BCUT2D eigenvalue weighted by Crippen LogP contribution is 2.31. The van der Waals surface area contributed by atoms with Crippen LogP contribution in [0, 0.1) is 5.92 Å². The summed E-state index contributed by atoms with van der Waals surface area (Å²) >= 11 is 0. The van der Waals surface area contributed by atoms with Gasteiger partial charge in [-0.1, -0.05) is 44.9 Å². The molecule has 118 valence electrons. The van der Waals surface area contributed by atoms with Crippen molar-refractivity contribution in [1.82, 2.24) is 0 Å². The third-order valence-corrected chi connectivity index (χ3v) is 4.56. The first-order valence-electron chi connectivity index (χ1n) is 8.68. The summed E-state index contributed by atoms with van der Waals surface area (Å²) in [6, 6.07) is 9.85. The highest BCUT2D eigenvalue weighted by molar-refractivity contribution is 5.55. The minimum absolute atomic E-state index is 0.224.